The molecule has 0 fully saturated rings. The van der Waals surface area contributed by atoms with Gasteiger partial charge in [0.2, 0.25) is 0 Å². The molecule has 0 atom stereocenters. The van der Waals surface area contributed by atoms with Gasteiger partial charge in [0.15, 0.2) is 0 Å². The van der Waals surface area contributed by atoms with E-state index < -0.39 is 65.9 Å². The lowest BCUT2D eigenvalue weighted by Gasteiger charge is -2.46. The largest absolute Gasteiger partial charge is 0.310 e. The van der Waals surface area contributed by atoms with Crippen LogP contribution in [0, 0.1) is 0 Å². The van der Waals surface area contributed by atoms with Gasteiger partial charge < -0.3 is 23.3 Å². The number of nitrogens with zero attached hydrogens (tertiary/aromatic N) is 5. The highest BCUT2D eigenvalue weighted by Gasteiger charge is 2.47. The Morgan fingerprint density at radius 2 is 0.575 bits per heavy atom. The van der Waals surface area contributed by atoms with E-state index in [9.17, 15) is 19.2 Å². The third-order valence-electron chi connectivity index (χ3n) is 27.7. The molecule has 0 N–H and O–H groups in total. The summed E-state index contributed by atoms with van der Waals surface area (Å²) in [6, 6.07) is 120. The van der Waals surface area contributed by atoms with Crippen LogP contribution in [0.2, 0.25) is 0 Å². The first-order valence-electron chi connectivity index (χ1n) is 52.8. The molecule has 4 aromatic heterocycles. The van der Waals surface area contributed by atoms with Gasteiger partial charge in [0.25, 0.3) is 6.71 Å². The molecule has 0 unspecified atom stereocenters. The number of aromatic nitrogens is 3. The van der Waals surface area contributed by atoms with Gasteiger partial charge in [-0.15, -0.1) is 0 Å². The molecular formula is C128H92BN5. The predicted octanol–water partition coefficient (Wildman–Crippen LogP) is 32.7. The van der Waals surface area contributed by atoms with E-state index in [-0.39, 0.29) is 91.0 Å². The van der Waals surface area contributed by atoms with E-state index in [4.69, 9.17) is 0 Å². The first-order chi connectivity index (χ1) is 71.6. The summed E-state index contributed by atoms with van der Waals surface area (Å²) in [6.07, 6.45) is 0. The first-order valence-corrected chi connectivity index (χ1v) is 45.8. The second kappa shape index (κ2) is 30.5. The van der Waals surface area contributed by atoms with Crippen LogP contribution in [-0.4, -0.2) is 20.2 Å². The van der Waals surface area contributed by atoms with Gasteiger partial charge in [-0.25, -0.2) is 0 Å². The molecule has 20 aromatic carbocycles. The van der Waals surface area contributed by atoms with E-state index in [1.807, 2.05) is 146 Å². The smallest absolute Gasteiger partial charge is 0.252 e. The Hall–Kier alpha value is -16.5. The van der Waals surface area contributed by atoms with Crippen LogP contribution < -0.4 is 26.2 Å². The predicted molar refractivity (Wildman–Crippen MR) is 570 cm³/mol. The highest BCUT2D eigenvalue weighted by Crippen LogP contribution is 2.57. The molecule has 0 radical (unpaired) electrons. The van der Waals surface area contributed by atoms with Crippen molar-refractivity contribution in [1.82, 2.24) is 13.5 Å². The summed E-state index contributed by atoms with van der Waals surface area (Å²) in [4.78, 5) is 4.87. The molecule has 24 aromatic rings. The number of rotatable bonds is 13. The molecule has 2 aliphatic heterocycles. The van der Waals surface area contributed by atoms with Crippen LogP contribution >= 0.6 is 0 Å². The van der Waals surface area contributed by atoms with Gasteiger partial charge in [-0.05, 0) is 237 Å². The van der Waals surface area contributed by atoms with Crippen LogP contribution in [-0.2, 0) is 10.8 Å². The minimum absolute atomic E-state index is 0.00589. The topological polar surface area (TPSA) is 20.8 Å². The summed E-state index contributed by atoms with van der Waals surface area (Å²) in [6.45, 7) is 12.7. The maximum Gasteiger partial charge on any atom is 0.252 e. The number of para-hydroxylation sites is 4. The van der Waals surface area contributed by atoms with Crippen LogP contribution in [0.25, 0.3) is 193 Å². The molecule has 0 spiro atoms. The van der Waals surface area contributed by atoms with Crippen LogP contribution in [0.15, 0.2) is 449 Å². The molecule has 0 saturated heterocycles. The van der Waals surface area contributed by atoms with E-state index in [1.165, 1.54) is 0 Å². The molecule has 0 aliphatic carbocycles. The summed E-state index contributed by atoms with van der Waals surface area (Å²) >= 11 is 0. The normalized spacial score (nSPS) is 14.1. The van der Waals surface area contributed by atoms with Gasteiger partial charge in [-0.2, -0.15) is 0 Å². The van der Waals surface area contributed by atoms with Crippen LogP contribution in [0.5, 0.6) is 0 Å². The molecule has 134 heavy (non-hydrogen) atoms. The fraction of sp³-hybridized carbons (Fsp3) is 0.0625. The van der Waals surface area contributed by atoms with E-state index in [0.29, 0.717) is 33.9 Å². The second-order valence-electron chi connectivity index (χ2n) is 37.6. The van der Waals surface area contributed by atoms with Gasteiger partial charge in [-0.3, -0.25) is 0 Å². The van der Waals surface area contributed by atoms with Gasteiger partial charge in [0.05, 0.1) is 69.2 Å². The van der Waals surface area contributed by atoms with E-state index in [2.05, 4.69) is 274 Å². The molecular weight excluding hydrogens is 1620 g/mol. The Kier molecular flexibility index (Phi) is 14.8. The second-order valence-corrected chi connectivity index (χ2v) is 37.6. The molecule has 5 nitrogen and oxygen atoms in total. The molecule has 0 bridgehead atoms. The lowest BCUT2D eigenvalue weighted by molar-refractivity contribution is 0.590. The molecule has 2 aliphatic rings. The Labute approximate surface area is 800 Å². The maximum atomic E-state index is 11.1. The van der Waals surface area contributed by atoms with Gasteiger partial charge in [0.1, 0.15) is 0 Å². The summed E-state index contributed by atoms with van der Waals surface area (Å²) in [5, 5.41) is 4.27. The van der Waals surface area contributed by atoms with E-state index in [0.717, 1.165) is 166 Å². The monoisotopic (exact) mass is 1720 g/mol. The van der Waals surface area contributed by atoms with Gasteiger partial charge in [-0.1, -0.05) is 369 Å². The van der Waals surface area contributed by atoms with Gasteiger partial charge in [0, 0.05) is 99.5 Å². The Morgan fingerprint density at radius 1 is 0.231 bits per heavy atom. The molecule has 632 valence electrons. The maximum absolute atomic E-state index is 11.1. The highest BCUT2D eigenvalue weighted by molar-refractivity contribution is 7.00. The van der Waals surface area contributed by atoms with Gasteiger partial charge >= 0.3 is 0 Å². The Bertz CT molecular complexity index is 9660. The molecule has 6 heterocycles. The van der Waals surface area contributed by atoms with Crippen molar-refractivity contribution >= 4 is 139 Å². The summed E-state index contributed by atoms with van der Waals surface area (Å²) < 4.78 is 149. The van der Waals surface area contributed by atoms with Crippen molar-refractivity contribution < 1.29 is 19.2 Å². The van der Waals surface area contributed by atoms with Crippen LogP contribution in [0.3, 0.4) is 0 Å². The Morgan fingerprint density at radius 3 is 0.993 bits per heavy atom. The molecule has 0 saturated carbocycles. The number of hydrogen-bond acceptors (Lipinski definition) is 2. The van der Waals surface area contributed by atoms with E-state index in [1.54, 1.807) is 9.13 Å². The van der Waals surface area contributed by atoms with Crippen molar-refractivity contribution in [2.45, 2.75) is 52.4 Å². The zero-order valence-electron chi connectivity index (χ0n) is 88.5. The van der Waals surface area contributed by atoms with Crippen molar-refractivity contribution in [3.8, 4) is 112 Å². The molecule has 26 rings (SSSR count). The minimum atomic E-state index is -0.812. The minimum Gasteiger partial charge on any atom is -0.310 e. The number of hydrogen-bond donors (Lipinski definition) is 0. The summed E-state index contributed by atoms with van der Waals surface area (Å²) in [7, 11) is 0. The standard InChI is InChI=1S/C128H92BN5/c1-127(2,3)95-75-107(86-45-23-12-24-46-86)125(108(76-95)94-71-109-101-53-27-31-57-115(101)132-116-58-32-28-54-102(116)110(72-94)126(109)132)134-120-80-98(131-114-56-30-26-52-100(114)104-64-60-92(74-118(104)131)90-50-34-48-88(68-90)82-37-15-8-16-38-82)62-66-112(120)129-111-65-61-97(130-113-55-29-25-51-99(113)103-63-59-91(73-117(103)130)89-49-33-47-87(67-89)81-35-13-7-14-36-81)79-119(111)133(121-77-96(128(4,5)6)78-122(134)123(121)129)124-105(84-41-19-10-20-42-84)69-93(83-39-17-9-18-40-83)70-106(124)85-43-21-11-22-44-85/h7-80H,1-6H3/i25D,26D,29D,30D,51D,52D,55D,56D,59D,60D,63D,64D,73D,74D. The SMILES string of the molecule is [2H]c1c([2H])c([2H])c2c(c1[2H])c1c([2H])c([2H])c(-c3cccc(-c4ccccc4)c3)c([2H])c1n2-c1ccc2c(c1)N(c1c(-c3ccccc3)cc(-c3ccccc3)cc1-c1ccccc1)c1cc(C(C)(C)C)cc3c1B2c1ccc(-n2c4c([2H])c([2H])c([2H])c([2H])c4c4c([2H])c([2H])c(-c5cccc(-c6ccccc6)c5)c([2H])c42)cc1N3c1c(-c2ccccc2)cc(C(C)(C)C)cc1-c1cc2c3ccccc3n3c4ccccc4c(c1)c23. The number of anilines is 6. The van der Waals surface area contributed by atoms with Crippen molar-refractivity contribution in [3.63, 3.8) is 0 Å². The Balaban J connectivity index is 0.855. The lowest BCUT2D eigenvalue weighted by Crippen LogP contribution is -2.61. The fourth-order valence-electron chi connectivity index (χ4n) is 21.3. The quantitative estimate of drug-likeness (QED) is 0.107. The lowest BCUT2D eigenvalue weighted by atomic mass is 9.33. The fourth-order valence-corrected chi connectivity index (χ4v) is 21.3. The molecule has 6 heteroatoms. The third kappa shape index (κ3) is 12.5. The zero-order chi connectivity index (χ0) is 102. The number of benzene rings is 20. The van der Waals surface area contributed by atoms with E-state index >= 15 is 0 Å². The first kappa shape index (κ1) is 65.1. The summed E-state index contributed by atoms with van der Waals surface area (Å²) in [5.41, 5.74) is 25.3. The number of fused-ring (bicyclic) bond motifs is 16. The van der Waals surface area contributed by atoms with Crippen molar-refractivity contribution in [2.24, 2.45) is 0 Å². The average molecular weight is 1730 g/mol. The van der Waals surface area contributed by atoms with Crippen molar-refractivity contribution in [3.05, 3.63) is 460 Å². The molecule has 0 amide bonds. The summed E-state index contributed by atoms with van der Waals surface area (Å²) in [5.74, 6) is 0. The zero-order valence-corrected chi connectivity index (χ0v) is 74.5. The van der Waals surface area contributed by atoms with Crippen LogP contribution in [0.1, 0.15) is 71.9 Å². The van der Waals surface area contributed by atoms with Crippen LogP contribution in [0.4, 0.5) is 34.1 Å². The average Bonchev–Trinajstić information content (AvgIpc) is 0.787. The van der Waals surface area contributed by atoms with Crippen molar-refractivity contribution in [2.75, 3.05) is 9.80 Å². The highest BCUT2D eigenvalue weighted by atomic mass is 15.2. The van der Waals surface area contributed by atoms with Crippen molar-refractivity contribution in [1.29, 1.82) is 0 Å². The third-order valence-corrected chi connectivity index (χ3v) is 27.7.